The van der Waals surface area contributed by atoms with E-state index in [4.69, 9.17) is 4.74 Å². The Labute approximate surface area is 150 Å². The van der Waals surface area contributed by atoms with E-state index in [1.165, 1.54) is 0 Å². The van der Waals surface area contributed by atoms with Crippen LogP contribution in [0.4, 0.5) is 10.5 Å². The number of nitrogens with zero attached hydrogens (tertiary/aromatic N) is 1. The lowest BCUT2D eigenvalue weighted by atomic mass is 10.2. The highest BCUT2D eigenvalue weighted by molar-refractivity contribution is 7.09. The maximum absolute atomic E-state index is 12.2. The van der Waals surface area contributed by atoms with E-state index in [1.807, 2.05) is 48.7 Å². The van der Waals surface area contributed by atoms with E-state index in [-0.39, 0.29) is 18.0 Å². The van der Waals surface area contributed by atoms with Gasteiger partial charge in [-0.15, -0.1) is 11.3 Å². The predicted octanol–water partition coefficient (Wildman–Crippen LogP) is 2.75. The van der Waals surface area contributed by atoms with Crippen molar-refractivity contribution in [1.82, 2.24) is 10.6 Å². The molecule has 2 aromatic rings. The Morgan fingerprint density at radius 1 is 1.32 bits per heavy atom. The predicted molar refractivity (Wildman–Crippen MR) is 98.1 cm³/mol. The van der Waals surface area contributed by atoms with Gasteiger partial charge in [-0.2, -0.15) is 0 Å². The summed E-state index contributed by atoms with van der Waals surface area (Å²) in [5.74, 6) is 0.785. The number of thiophene rings is 1. The second-order valence-electron chi connectivity index (χ2n) is 5.74. The molecule has 1 aliphatic heterocycles. The standard InChI is InChI=1S/C18H21N3O3S/c1-2-24-15-7-5-14(6-8-15)21-12-13(10-17(21)22)20-18(23)19-11-16-4-3-9-25-16/h3-9,13H,2,10-12H2,1H3,(H2,19,20,23). The quantitative estimate of drug-likeness (QED) is 0.833. The second-order valence-corrected chi connectivity index (χ2v) is 6.77. The molecule has 1 fully saturated rings. The highest BCUT2D eigenvalue weighted by atomic mass is 32.1. The molecule has 1 atom stereocenters. The summed E-state index contributed by atoms with van der Waals surface area (Å²) in [5, 5.41) is 7.66. The molecule has 3 amide bonds. The average Bonchev–Trinajstić information content (AvgIpc) is 3.24. The summed E-state index contributed by atoms with van der Waals surface area (Å²) in [5.41, 5.74) is 0.816. The summed E-state index contributed by atoms with van der Waals surface area (Å²) in [6.07, 6.45) is 0.305. The van der Waals surface area contributed by atoms with Crippen LogP contribution in [0.2, 0.25) is 0 Å². The molecule has 0 spiro atoms. The lowest BCUT2D eigenvalue weighted by Crippen LogP contribution is -2.43. The van der Waals surface area contributed by atoms with Gasteiger partial charge in [0.1, 0.15) is 5.75 Å². The number of hydrogen-bond acceptors (Lipinski definition) is 4. The van der Waals surface area contributed by atoms with Crippen molar-refractivity contribution >= 4 is 29.0 Å². The average molecular weight is 359 g/mol. The van der Waals surface area contributed by atoms with Crippen LogP contribution in [0, 0.1) is 0 Å². The Bertz CT molecular complexity index is 716. The number of carbonyl (C=O) groups is 2. The Morgan fingerprint density at radius 3 is 2.80 bits per heavy atom. The summed E-state index contributed by atoms with van der Waals surface area (Å²) in [4.78, 5) is 27.0. The van der Waals surface area contributed by atoms with Crippen molar-refractivity contribution in [3.8, 4) is 5.75 Å². The normalized spacial score (nSPS) is 16.8. The first-order valence-electron chi connectivity index (χ1n) is 8.25. The third-order valence-corrected chi connectivity index (χ3v) is 4.80. The highest BCUT2D eigenvalue weighted by Gasteiger charge is 2.31. The van der Waals surface area contributed by atoms with E-state index in [0.29, 0.717) is 26.1 Å². The zero-order valence-electron chi connectivity index (χ0n) is 14.0. The molecule has 1 aromatic heterocycles. The van der Waals surface area contributed by atoms with Crippen molar-refractivity contribution in [2.75, 3.05) is 18.1 Å². The third-order valence-electron chi connectivity index (χ3n) is 3.92. The molecule has 0 saturated carbocycles. The van der Waals surface area contributed by atoms with Crippen LogP contribution in [0.25, 0.3) is 0 Å². The molecular weight excluding hydrogens is 338 g/mol. The zero-order chi connectivity index (χ0) is 17.6. The van der Waals surface area contributed by atoms with Crippen molar-refractivity contribution in [1.29, 1.82) is 0 Å². The zero-order valence-corrected chi connectivity index (χ0v) is 14.8. The number of carbonyl (C=O) groups excluding carboxylic acids is 2. The van der Waals surface area contributed by atoms with E-state index < -0.39 is 0 Å². The molecule has 1 aliphatic rings. The Balaban J connectivity index is 1.52. The minimum atomic E-state index is -0.250. The lowest BCUT2D eigenvalue weighted by molar-refractivity contribution is -0.117. The van der Waals surface area contributed by atoms with Crippen molar-refractivity contribution in [2.24, 2.45) is 0 Å². The molecule has 2 N–H and O–H groups in total. The van der Waals surface area contributed by atoms with Crippen molar-refractivity contribution in [3.05, 3.63) is 46.7 Å². The van der Waals surface area contributed by atoms with Gasteiger partial charge in [0, 0.05) is 23.5 Å². The van der Waals surface area contributed by atoms with Gasteiger partial charge in [0.05, 0.1) is 19.2 Å². The number of ether oxygens (including phenoxy) is 1. The summed E-state index contributed by atoms with van der Waals surface area (Å²) in [6, 6.07) is 10.9. The van der Waals surface area contributed by atoms with E-state index >= 15 is 0 Å². The molecule has 1 aromatic carbocycles. The SMILES string of the molecule is CCOc1ccc(N2CC(NC(=O)NCc3cccs3)CC2=O)cc1. The molecule has 2 heterocycles. The fraction of sp³-hybridized carbons (Fsp3) is 0.333. The topological polar surface area (TPSA) is 70.7 Å². The number of hydrogen-bond donors (Lipinski definition) is 2. The summed E-state index contributed by atoms with van der Waals surface area (Å²) >= 11 is 1.60. The molecule has 1 unspecified atom stereocenters. The monoisotopic (exact) mass is 359 g/mol. The fourth-order valence-electron chi connectivity index (χ4n) is 2.76. The van der Waals surface area contributed by atoms with Gasteiger partial charge in [0.25, 0.3) is 0 Å². The smallest absolute Gasteiger partial charge is 0.315 e. The lowest BCUT2D eigenvalue weighted by Gasteiger charge is -2.18. The number of anilines is 1. The first-order chi connectivity index (χ1) is 12.2. The highest BCUT2D eigenvalue weighted by Crippen LogP contribution is 2.24. The fourth-order valence-corrected chi connectivity index (χ4v) is 3.40. The molecule has 6 nitrogen and oxygen atoms in total. The number of amides is 3. The minimum Gasteiger partial charge on any atom is -0.494 e. The molecule has 132 valence electrons. The van der Waals surface area contributed by atoms with Crippen LogP contribution in [0.3, 0.4) is 0 Å². The van der Waals surface area contributed by atoms with Crippen LogP contribution in [-0.4, -0.2) is 31.1 Å². The van der Waals surface area contributed by atoms with Crippen molar-refractivity contribution in [3.63, 3.8) is 0 Å². The van der Waals surface area contributed by atoms with Gasteiger partial charge in [0.2, 0.25) is 5.91 Å². The number of urea groups is 1. The molecule has 0 radical (unpaired) electrons. The van der Waals surface area contributed by atoms with E-state index in [9.17, 15) is 9.59 Å². The summed E-state index contributed by atoms with van der Waals surface area (Å²) < 4.78 is 5.41. The summed E-state index contributed by atoms with van der Waals surface area (Å²) in [7, 11) is 0. The number of benzene rings is 1. The van der Waals surface area contributed by atoms with Crippen LogP contribution in [0.5, 0.6) is 5.75 Å². The van der Waals surface area contributed by atoms with Gasteiger partial charge in [-0.05, 0) is 42.6 Å². The van der Waals surface area contributed by atoms with Crippen LogP contribution < -0.4 is 20.3 Å². The first-order valence-corrected chi connectivity index (χ1v) is 9.13. The molecule has 7 heteroatoms. The minimum absolute atomic E-state index is 0.00715. The van der Waals surface area contributed by atoms with E-state index in [1.54, 1.807) is 16.2 Å². The van der Waals surface area contributed by atoms with E-state index in [0.717, 1.165) is 16.3 Å². The van der Waals surface area contributed by atoms with E-state index in [2.05, 4.69) is 10.6 Å². The molecule has 0 bridgehead atoms. The van der Waals surface area contributed by atoms with Crippen molar-refractivity contribution < 1.29 is 14.3 Å². The first kappa shape index (κ1) is 17.3. The van der Waals surface area contributed by atoms with Crippen molar-refractivity contribution in [2.45, 2.75) is 25.9 Å². The van der Waals surface area contributed by atoms with Gasteiger partial charge >= 0.3 is 6.03 Å². The van der Waals surface area contributed by atoms with Crippen LogP contribution in [0.1, 0.15) is 18.2 Å². The number of nitrogens with one attached hydrogen (secondary N) is 2. The molecule has 1 saturated heterocycles. The van der Waals surface area contributed by atoms with Gasteiger partial charge < -0.3 is 20.3 Å². The maximum Gasteiger partial charge on any atom is 0.315 e. The van der Waals surface area contributed by atoms with Crippen LogP contribution >= 0.6 is 11.3 Å². The maximum atomic E-state index is 12.2. The Kier molecular flexibility index (Phi) is 5.55. The Morgan fingerprint density at radius 2 is 2.12 bits per heavy atom. The molecular formula is C18H21N3O3S. The van der Waals surface area contributed by atoms with Gasteiger partial charge in [-0.3, -0.25) is 4.79 Å². The van der Waals surface area contributed by atoms with Crippen LogP contribution in [-0.2, 0) is 11.3 Å². The summed E-state index contributed by atoms with van der Waals surface area (Å²) in [6.45, 7) is 3.50. The molecule has 25 heavy (non-hydrogen) atoms. The Hall–Kier alpha value is -2.54. The second kappa shape index (κ2) is 8.02. The van der Waals surface area contributed by atoms with Gasteiger partial charge in [0.15, 0.2) is 0 Å². The third kappa shape index (κ3) is 4.51. The van der Waals surface area contributed by atoms with Crippen LogP contribution in [0.15, 0.2) is 41.8 Å². The largest absolute Gasteiger partial charge is 0.494 e. The molecule has 3 rings (SSSR count). The van der Waals surface area contributed by atoms with Gasteiger partial charge in [-0.25, -0.2) is 4.79 Å². The van der Waals surface area contributed by atoms with Gasteiger partial charge in [-0.1, -0.05) is 6.07 Å². The molecule has 0 aliphatic carbocycles. The number of rotatable bonds is 6.